The van der Waals surface area contributed by atoms with Gasteiger partial charge in [0.05, 0.1) is 38.6 Å². The van der Waals surface area contributed by atoms with Crippen LogP contribution in [0.2, 0.25) is 0 Å². The van der Waals surface area contributed by atoms with Crippen LogP contribution in [0, 0.1) is 98.6 Å². The van der Waals surface area contributed by atoms with E-state index in [1.807, 2.05) is 0 Å². The number of ether oxygens (including phenoxy) is 2. The number of aliphatic hydroxyl groups excluding tert-OH is 4. The molecule has 8 fully saturated rings. The largest absolute Gasteiger partial charge is 0.469 e. The highest BCUT2D eigenvalue weighted by molar-refractivity contribution is 5.69. The summed E-state index contributed by atoms with van der Waals surface area (Å²) in [4.78, 5) is 23.4. The van der Waals surface area contributed by atoms with Crippen LogP contribution >= 0.6 is 0 Å². The van der Waals surface area contributed by atoms with E-state index in [1.54, 1.807) is 0 Å². The molecular weight excluding hydrogens is 777 g/mol. The van der Waals surface area contributed by atoms with Crippen molar-refractivity contribution in [3.8, 4) is 0 Å². The molecule has 0 radical (unpaired) electrons. The third kappa shape index (κ3) is 8.11. The van der Waals surface area contributed by atoms with Crippen LogP contribution in [0.5, 0.6) is 0 Å². The minimum absolute atomic E-state index is 0.0952. The summed E-state index contributed by atoms with van der Waals surface area (Å²) in [5.41, 5.74) is 2.18. The Balaban J connectivity index is 0.000000186. The molecule has 0 bridgehead atoms. The van der Waals surface area contributed by atoms with Gasteiger partial charge in [-0.3, -0.25) is 9.59 Å². The lowest BCUT2D eigenvalue weighted by molar-refractivity contribution is -0.203. The van der Waals surface area contributed by atoms with Crippen LogP contribution in [0.1, 0.15) is 177 Å². The predicted octanol–water partition coefficient (Wildman–Crippen LogP) is 10.3. The molecule has 354 valence electrons. The van der Waals surface area contributed by atoms with E-state index in [9.17, 15) is 30.0 Å². The van der Waals surface area contributed by atoms with E-state index in [4.69, 9.17) is 9.47 Å². The van der Waals surface area contributed by atoms with Gasteiger partial charge in [-0.1, -0.05) is 61.0 Å². The highest BCUT2D eigenvalue weighted by atomic mass is 16.5. The van der Waals surface area contributed by atoms with Crippen LogP contribution < -0.4 is 0 Å². The van der Waals surface area contributed by atoms with Crippen molar-refractivity contribution in [2.45, 2.75) is 202 Å². The lowest BCUT2D eigenvalue weighted by Crippen LogP contribution is -2.62. The third-order valence-corrected chi connectivity index (χ3v) is 21.9. The fourth-order valence-electron chi connectivity index (χ4n) is 18.7. The summed E-state index contributed by atoms with van der Waals surface area (Å²) in [6.45, 7) is 18.9. The van der Waals surface area contributed by atoms with Crippen molar-refractivity contribution in [3.63, 3.8) is 0 Å². The Labute approximate surface area is 376 Å². The average Bonchev–Trinajstić information content (AvgIpc) is 3.80. The molecule has 0 aromatic rings. The molecule has 0 spiro atoms. The van der Waals surface area contributed by atoms with Crippen LogP contribution in [0.25, 0.3) is 0 Å². The SMILES string of the molecule is C/C=C1/[C@@H](O)C2C3CC[C@H]([C@H](C)CCC(=O)OC)[C@@]3(C)CCC2[C@@]2(C)CC[C@@H](O)C[C@@H]12.CC[C@H]1[C@@H](O)C2C3CC[C@H]([C@H](C)CCC(=O)OC)[C@@]3(C)CCC2[C@@]2(C)CC[C@@H](O)C[C@@H]12. The zero-order chi connectivity index (χ0) is 45.1. The smallest absolute Gasteiger partial charge is 0.305 e. The van der Waals surface area contributed by atoms with Crippen molar-refractivity contribution in [3.05, 3.63) is 11.6 Å². The number of allylic oxidation sites excluding steroid dienone is 1. The first kappa shape index (κ1) is 48.5. The monoisotopic (exact) mass is 867 g/mol. The van der Waals surface area contributed by atoms with Crippen LogP contribution in [0.4, 0.5) is 0 Å². The average molecular weight is 867 g/mol. The van der Waals surface area contributed by atoms with Crippen molar-refractivity contribution in [2.75, 3.05) is 14.2 Å². The van der Waals surface area contributed by atoms with Crippen molar-refractivity contribution < 1.29 is 39.5 Å². The maximum absolute atomic E-state index is 11.8. The topological polar surface area (TPSA) is 134 Å². The van der Waals surface area contributed by atoms with E-state index in [0.717, 1.165) is 57.8 Å². The molecule has 4 N–H and O–H groups in total. The number of methoxy groups -OCH3 is 2. The highest BCUT2D eigenvalue weighted by Crippen LogP contribution is 2.71. The molecule has 8 aliphatic rings. The van der Waals surface area contributed by atoms with Gasteiger partial charge in [0.25, 0.3) is 0 Å². The Kier molecular flexibility index (Phi) is 14.6. The molecule has 8 saturated carbocycles. The van der Waals surface area contributed by atoms with Gasteiger partial charge in [0.15, 0.2) is 0 Å². The zero-order valence-corrected chi connectivity index (χ0v) is 40.7. The molecule has 6 unspecified atom stereocenters. The van der Waals surface area contributed by atoms with E-state index in [0.29, 0.717) is 89.8 Å². The van der Waals surface area contributed by atoms with Gasteiger partial charge in [-0.25, -0.2) is 0 Å². The normalized spacial score (nSPS) is 49.6. The standard InChI is InChI=1S/C27H46O4.C27H44O4/c2*1-6-18-22-15-17(28)11-13-27(22,4)21-12-14-26(3)19(16(2)7-10-23(29)31-5)8-9-20(26)24(21)25(18)30/h16-22,24-25,28,30H,6-15H2,1-5H3;6,16-17,19-22,24-25,28,30H,7-15H2,1-5H3/b;18-6+/t16-,17-,18-,19-,20?,21?,22+,24?,25-,26-,27-;16-,17-,19-,20?,21?,22+,24?,25-,26-,27-/m11/s1. The van der Waals surface area contributed by atoms with Gasteiger partial charge in [0, 0.05) is 12.8 Å². The van der Waals surface area contributed by atoms with Crippen LogP contribution in [-0.4, -0.2) is 71.0 Å². The molecule has 0 aromatic heterocycles. The Morgan fingerprint density at radius 1 is 0.629 bits per heavy atom. The van der Waals surface area contributed by atoms with Gasteiger partial charge in [0.1, 0.15) is 0 Å². The second-order valence-electron chi connectivity index (χ2n) is 24.0. The Morgan fingerprint density at radius 3 is 1.58 bits per heavy atom. The quantitative estimate of drug-likeness (QED) is 0.133. The summed E-state index contributed by atoms with van der Waals surface area (Å²) in [7, 11) is 2.95. The molecule has 8 rings (SSSR count). The fraction of sp³-hybridized carbons (Fsp3) is 0.926. The molecule has 0 aromatic carbocycles. The van der Waals surface area contributed by atoms with E-state index in [-0.39, 0.29) is 58.0 Å². The number of carbonyl (C=O) groups excluding carboxylic acids is 2. The lowest BCUT2D eigenvalue weighted by atomic mass is 9.41. The van der Waals surface area contributed by atoms with Crippen molar-refractivity contribution in [1.29, 1.82) is 0 Å². The summed E-state index contributed by atoms with van der Waals surface area (Å²) in [5, 5.41) is 44.3. The van der Waals surface area contributed by atoms with Gasteiger partial charge in [0.2, 0.25) is 0 Å². The van der Waals surface area contributed by atoms with E-state index >= 15 is 0 Å². The molecule has 8 aliphatic carbocycles. The molecule has 8 heteroatoms. The third-order valence-electron chi connectivity index (χ3n) is 21.9. The first-order valence-corrected chi connectivity index (χ1v) is 25.9. The maximum atomic E-state index is 11.8. The predicted molar refractivity (Wildman–Crippen MR) is 244 cm³/mol. The number of rotatable bonds is 9. The molecule has 0 heterocycles. The Bertz CT molecular complexity index is 1610. The van der Waals surface area contributed by atoms with Gasteiger partial charge in [-0.15, -0.1) is 0 Å². The number of fused-ring (bicyclic) bond motifs is 10. The minimum atomic E-state index is -0.368. The molecular formula is C54H90O8. The summed E-state index contributed by atoms with van der Waals surface area (Å²) in [6, 6.07) is 0. The van der Waals surface area contributed by atoms with Gasteiger partial charge >= 0.3 is 11.9 Å². The van der Waals surface area contributed by atoms with Gasteiger partial charge in [-0.05, 0) is 214 Å². The van der Waals surface area contributed by atoms with Crippen LogP contribution in [0.3, 0.4) is 0 Å². The Hall–Kier alpha value is -1.48. The molecule has 21 atom stereocenters. The van der Waals surface area contributed by atoms with E-state index in [2.05, 4.69) is 61.5 Å². The maximum Gasteiger partial charge on any atom is 0.305 e. The number of hydrogen-bond acceptors (Lipinski definition) is 8. The van der Waals surface area contributed by atoms with Crippen molar-refractivity contribution in [2.24, 2.45) is 98.6 Å². The summed E-state index contributed by atoms with van der Waals surface area (Å²) < 4.78 is 9.76. The van der Waals surface area contributed by atoms with Crippen LogP contribution in [0.15, 0.2) is 11.6 Å². The summed E-state index contributed by atoms with van der Waals surface area (Å²) in [6.07, 6.45) is 20.5. The van der Waals surface area contributed by atoms with Crippen molar-refractivity contribution in [1.82, 2.24) is 0 Å². The summed E-state index contributed by atoms with van der Waals surface area (Å²) >= 11 is 0. The number of hydrogen-bond donors (Lipinski definition) is 4. The first-order valence-electron chi connectivity index (χ1n) is 25.9. The minimum Gasteiger partial charge on any atom is -0.469 e. The number of carbonyl (C=O) groups is 2. The van der Waals surface area contributed by atoms with E-state index in [1.165, 1.54) is 71.2 Å². The van der Waals surface area contributed by atoms with E-state index < -0.39 is 0 Å². The number of esters is 2. The fourth-order valence-corrected chi connectivity index (χ4v) is 18.7. The number of aliphatic hydroxyl groups is 4. The molecule has 0 amide bonds. The lowest BCUT2D eigenvalue weighted by Gasteiger charge is -2.64. The second-order valence-corrected chi connectivity index (χ2v) is 24.0. The second kappa shape index (κ2) is 18.7. The van der Waals surface area contributed by atoms with Crippen molar-refractivity contribution >= 4 is 11.9 Å². The highest BCUT2D eigenvalue weighted by Gasteiger charge is 2.66. The van der Waals surface area contributed by atoms with Gasteiger partial charge in [-0.2, -0.15) is 0 Å². The summed E-state index contributed by atoms with van der Waals surface area (Å²) in [5.74, 6) is 6.16. The zero-order valence-electron chi connectivity index (χ0n) is 40.7. The molecule has 8 nitrogen and oxygen atoms in total. The molecule has 0 saturated heterocycles. The van der Waals surface area contributed by atoms with Crippen LogP contribution in [-0.2, 0) is 19.1 Å². The first-order chi connectivity index (χ1) is 29.3. The molecule has 0 aliphatic heterocycles. The Morgan fingerprint density at radius 2 is 1.08 bits per heavy atom. The van der Waals surface area contributed by atoms with Gasteiger partial charge < -0.3 is 29.9 Å². The molecule has 62 heavy (non-hydrogen) atoms.